The number of rotatable bonds is 6. The van der Waals surface area contributed by atoms with Crippen LogP contribution < -0.4 is 9.47 Å². The predicted octanol–water partition coefficient (Wildman–Crippen LogP) is 4.33. The molecular weight excluding hydrogens is 316 g/mol. The van der Waals surface area contributed by atoms with E-state index in [1.807, 2.05) is 19.1 Å². The zero-order valence-electron chi connectivity index (χ0n) is 12.8. The molecule has 0 N–H and O–H groups in total. The lowest BCUT2D eigenvalue weighted by Crippen LogP contribution is -2.11. The maximum atomic E-state index is 11.7. The van der Waals surface area contributed by atoms with Crippen LogP contribution in [0.2, 0.25) is 5.02 Å². The molecule has 0 aliphatic carbocycles. The van der Waals surface area contributed by atoms with Crippen LogP contribution in [0.25, 0.3) is 0 Å². The van der Waals surface area contributed by atoms with E-state index in [4.69, 9.17) is 21.1 Å². The highest BCUT2D eigenvalue weighted by Gasteiger charge is 2.09. The molecule has 0 amide bonds. The smallest absolute Gasteiger partial charge is 0.311 e. The molecule has 0 fully saturated rings. The Morgan fingerprint density at radius 2 is 1.48 bits per heavy atom. The Labute approximate surface area is 140 Å². The fourth-order valence-corrected chi connectivity index (χ4v) is 2.13. The molecule has 2 aromatic carbocycles. The minimum absolute atomic E-state index is 0.134. The van der Waals surface area contributed by atoms with Gasteiger partial charge in [-0.25, -0.2) is 0 Å². The zero-order chi connectivity index (χ0) is 16.7. The molecule has 0 aliphatic heterocycles. The second-order valence-electron chi connectivity index (χ2n) is 5.08. The Kier molecular flexibility index (Phi) is 6.18. The summed E-state index contributed by atoms with van der Waals surface area (Å²) < 4.78 is 10.3. The second-order valence-corrected chi connectivity index (χ2v) is 5.51. The number of ether oxygens (including phenoxy) is 2. The Balaban J connectivity index is 1.71. The number of carbonyl (C=O) groups is 2. The van der Waals surface area contributed by atoms with E-state index in [9.17, 15) is 9.59 Å². The van der Waals surface area contributed by atoms with E-state index >= 15 is 0 Å². The van der Waals surface area contributed by atoms with Crippen molar-refractivity contribution in [2.45, 2.75) is 26.2 Å². The van der Waals surface area contributed by atoms with Gasteiger partial charge in [-0.15, -0.1) is 0 Å². The van der Waals surface area contributed by atoms with Gasteiger partial charge in [0.05, 0.1) is 0 Å². The molecule has 0 unspecified atom stereocenters. The quantitative estimate of drug-likeness (QED) is 0.583. The predicted molar refractivity (Wildman–Crippen MR) is 87.8 cm³/mol. The highest BCUT2D eigenvalue weighted by atomic mass is 35.5. The van der Waals surface area contributed by atoms with Gasteiger partial charge >= 0.3 is 11.9 Å². The van der Waals surface area contributed by atoms with Crippen molar-refractivity contribution in [1.29, 1.82) is 0 Å². The molecule has 120 valence electrons. The van der Waals surface area contributed by atoms with E-state index < -0.39 is 5.97 Å². The third kappa shape index (κ3) is 6.12. The van der Waals surface area contributed by atoms with Crippen LogP contribution in [0.15, 0.2) is 48.5 Å². The average molecular weight is 333 g/mol. The van der Waals surface area contributed by atoms with E-state index in [-0.39, 0.29) is 18.8 Å². The van der Waals surface area contributed by atoms with Crippen LogP contribution >= 0.6 is 11.6 Å². The van der Waals surface area contributed by atoms with Crippen LogP contribution in [0.4, 0.5) is 0 Å². The van der Waals surface area contributed by atoms with Crippen LogP contribution in [0.1, 0.15) is 24.8 Å². The fraction of sp³-hybridized carbons (Fsp3) is 0.222. The number of halogens is 1. The minimum atomic E-state index is -0.407. The summed E-state index contributed by atoms with van der Waals surface area (Å²) in [6, 6.07) is 13.8. The highest BCUT2D eigenvalue weighted by Crippen LogP contribution is 2.18. The van der Waals surface area contributed by atoms with Gasteiger partial charge in [0, 0.05) is 17.9 Å². The number of hydrogen-bond donors (Lipinski definition) is 0. The van der Waals surface area contributed by atoms with Crippen molar-refractivity contribution in [3.8, 4) is 11.5 Å². The number of esters is 2. The average Bonchev–Trinajstić information content (AvgIpc) is 2.47. The molecule has 0 atom stereocenters. The van der Waals surface area contributed by atoms with E-state index in [0.29, 0.717) is 22.9 Å². The monoisotopic (exact) mass is 332 g/mol. The van der Waals surface area contributed by atoms with Crippen molar-refractivity contribution in [2.24, 2.45) is 0 Å². The van der Waals surface area contributed by atoms with Gasteiger partial charge in [0.1, 0.15) is 11.5 Å². The molecule has 0 radical (unpaired) electrons. The SMILES string of the molecule is Cc1cccc(OC(=O)CCCC(=O)Oc2cccc(Cl)c2)c1. The molecule has 23 heavy (non-hydrogen) atoms. The van der Waals surface area contributed by atoms with Crippen LogP contribution in [-0.4, -0.2) is 11.9 Å². The summed E-state index contributed by atoms with van der Waals surface area (Å²) in [5, 5.41) is 0.497. The molecule has 0 spiro atoms. The molecule has 2 aromatic rings. The first kappa shape index (κ1) is 17.0. The number of aryl methyl sites for hydroxylation is 1. The van der Waals surface area contributed by atoms with Crippen molar-refractivity contribution in [3.05, 3.63) is 59.1 Å². The maximum absolute atomic E-state index is 11.7. The fourth-order valence-electron chi connectivity index (χ4n) is 1.95. The lowest BCUT2D eigenvalue weighted by molar-refractivity contribution is -0.136. The van der Waals surface area contributed by atoms with Gasteiger partial charge in [0.15, 0.2) is 0 Å². The van der Waals surface area contributed by atoms with Gasteiger partial charge < -0.3 is 9.47 Å². The van der Waals surface area contributed by atoms with Gasteiger partial charge in [-0.3, -0.25) is 9.59 Å². The first-order valence-electron chi connectivity index (χ1n) is 7.26. The first-order chi connectivity index (χ1) is 11.0. The molecule has 0 heterocycles. The van der Waals surface area contributed by atoms with Crippen molar-refractivity contribution >= 4 is 23.5 Å². The van der Waals surface area contributed by atoms with E-state index in [1.165, 1.54) is 0 Å². The second kappa shape index (κ2) is 8.34. The summed E-state index contributed by atoms with van der Waals surface area (Å²) in [7, 11) is 0. The Hall–Kier alpha value is -2.33. The molecular formula is C18H17ClO4. The third-order valence-electron chi connectivity index (χ3n) is 3.01. The molecule has 0 aromatic heterocycles. The van der Waals surface area contributed by atoms with E-state index in [2.05, 4.69) is 0 Å². The van der Waals surface area contributed by atoms with Crippen molar-refractivity contribution in [1.82, 2.24) is 0 Å². The summed E-state index contributed by atoms with van der Waals surface area (Å²) in [6.45, 7) is 1.92. The van der Waals surface area contributed by atoms with Crippen LogP contribution in [0.5, 0.6) is 11.5 Å². The van der Waals surface area contributed by atoms with Crippen LogP contribution in [0, 0.1) is 6.92 Å². The lowest BCUT2D eigenvalue weighted by Gasteiger charge is -2.06. The van der Waals surface area contributed by atoms with Crippen molar-refractivity contribution in [3.63, 3.8) is 0 Å². The summed E-state index contributed by atoms with van der Waals surface area (Å²) >= 11 is 5.81. The summed E-state index contributed by atoms with van der Waals surface area (Å²) in [5.41, 5.74) is 1.01. The minimum Gasteiger partial charge on any atom is -0.427 e. The third-order valence-corrected chi connectivity index (χ3v) is 3.25. The van der Waals surface area contributed by atoms with Gasteiger partial charge in [-0.1, -0.05) is 29.8 Å². The summed E-state index contributed by atoms with van der Waals surface area (Å²) in [6.07, 6.45) is 0.651. The van der Waals surface area contributed by atoms with E-state index in [1.54, 1.807) is 36.4 Å². The Morgan fingerprint density at radius 3 is 2.04 bits per heavy atom. The first-order valence-corrected chi connectivity index (χ1v) is 7.64. The number of carbonyl (C=O) groups excluding carboxylic acids is 2. The molecule has 2 rings (SSSR count). The molecule has 5 heteroatoms. The molecule has 4 nitrogen and oxygen atoms in total. The van der Waals surface area contributed by atoms with E-state index in [0.717, 1.165) is 5.56 Å². The molecule has 0 aliphatic rings. The highest BCUT2D eigenvalue weighted by molar-refractivity contribution is 6.30. The maximum Gasteiger partial charge on any atom is 0.311 e. The van der Waals surface area contributed by atoms with Gasteiger partial charge in [0.25, 0.3) is 0 Å². The molecule has 0 saturated carbocycles. The summed E-state index contributed by atoms with van der Waals surface area (Å²) in [5.74, 6) is 0.128. The zero-order valence-corrected chi connectivity index (χ0v) is 13.5. The number of benzene rings is 2. The van der Waals surface area contributed by atoms with Crippen molar-refractivity contribution < 1.29 is 19.1 Å². The number of hydrogen-bond acceptors (Lipinski definition) is 4. The standard InChI is InChI=1S/C18H17ClO4/c1-13-5-2-7-15(11-13)22-17(20)9-4-10-18(21)23-16-8-3-6-14(19)12-16/h2-3,5-8,11-12H,4,9-10H2,1H3. The van der Waals surface area contributed by atoms with Crippen molar-refractivity contribution in [2.75, 3.05) is 0 Å². The topological polar surface area (TPSA) is 52.6 Å². The van der Waals surface area contributed by atoms with Crippen LogP contribution in [0.3, 0.4) is 0 Å². The van der Waals surface area contributed by atoms with Gasteiger partial charge in [0.2, 0.25) is 0 Å². The van der Waals surface area contributed by atoms with Gasteiger partial charge in [-0.2, -0.15) is 0 Å². The molecule has 0 saturated heterocycles. The Bertz CT molecular complexity index is 637. The summed E-state index contributed by atoms with van der Waals surface area (Å²) in [4.78, 5) is 23.4. The lowest BCUT2D eigenvalue weighted by atomic mass is 10.2. The molecule has 0 bridgehead atoms. The van der Waals surface area contributed by atoms with Crippen LogP contribution in [-0.2, 0) is 9.59 Å². The largest absolute Gasteiger partial charge is 0.427 e. The normalized spacial score (nSPS) is 10.2. The van der Waals surface area contributed by atoms with Gasteiger partial charge in [-0.05, 0) is 49.2 Å². The Morgan fingerprint density at radius 1 is 0.913 bits per heavy atom.